The van der Waals surface area contributed by atoms with Crippen LogP contribution in [0.2, 0.25) is 0 Å². The Morgan fingerprint density at radius 1 is 1.30 bits per heavy atom. The van der Waals surface area contributed by atoms with Gasteiger partial charge >= 0.3 is 0 Å². The van der Waals surface area contributed by atoms with Crippen LogP contribution in [0.15, 0.2) is 18.2 Å². The highest BCUT2D eigenvalue weighted by Crippen LogP contribution is 2.34. The van der Waals surface area contributed by atoms with E-state index in [1.807, 2.05) is 18.2 Å². The summed E-state index contributed by atoms with van der Waals surface area (Å²) in [4.78, 5) is 2.43. The SMILES string of the molecule is CCC1CCCCN1CC(O)c1ccc2c(c1)OCO2. The van der Waals surface area contributed by atoms with E-state index in [-0.39, 0.29) is 6.79 Å². The minimum absolute atomic E-state index is 0.277. The molecule has 0 saturated carbocycles. The van der Waals surface area contributed by atoms with Gasteiger partial charge in [-0.05, 0) is 43.5 Å². The van der Waals surface area contributed by atoms with E-state index in [1.54, 1.807) is 0 Å². The monoisotopic (exact) mass is 277 g/mol. The van der Waals surface area contributed by atoms with Crippen molar-refractivity contribution in [3.8, 4) is 11.5 Å². The van der Waals surface area contributed by atoms with E-state index >= 15 is 0 Å². The summed E-state index contributed by atoms with van der Waals surface area (Å²) in [7, 11) is 0. The molecule has 3 rings (SSSR count). The third-order valence-electron chi connectivity index (χ3n) is 4.41. The summed E-state index contributed by atoms with van der Waals surface area (Å²) < 4.78 is 10.7. The Morgan fingerprint density at radius 2 is 2.15 bits per heavy atom. The number of hydrogen-bond donors (Lipinski definition) is 1. The number of benzene rings is 1. The summed E-state index contributed by atoms with van der Waals surface area (Å²) >= 11 is 0. The van der Waals surface area contributed by atoms with E-state index < -0.39 is 6.10 Å². The number of fused-ring (bicyclic) bond motifs is 1. The highest BCUT2D eigenvalue weighted by molar-refractivity contribution is 5.45. The Bertz CT molecular complexity index is 463. The third-order valence-corrected chi connectivity index (χ3v) is 4.41. The van der Waals surface area contributed by atoms with Crippen molar-refractivity contribution >= 4 is 0 Å². The molecule has 1 N–H and O–H groups in total. The Kier molecular flexibility index (Phi) is 4.13. The molecule has 0 bridgehead atoms. The summed E-state index contributed by atoms with van der Waals surface area (Å²) in [5.41, 5.74) is 0.912. The van der Waals surface area contributed by atoms with Crippen LogP contribution in [0.4, 0.5) is 0 Å². The van der Waals surface area contributed by atoms with Crippen LogP contribution in [0, 0.1) is 0 Å². The average molecular weight is 277 g/mol. The highest BCUT2D eigenvalue weighted by atomic mass is 16.7. The number of nitrogens with zero attached hydrogens (tertiary/aromatic N) is 1. The van der Waals surface area contributed by atoms with Crippen molar-refractivity contribution < 1.29 is 14.6 Å². The van der Waals surface area contributed by atoms with E-state index in [4.69, 9.17) is 9.47 Å². The van der Waals surface area contributed by atoms with Crippen LogP contribution >= 0.6 is 0 Å². The fourth-order valence-electron chi connectivity index (χ4n) is 3.21. The van der Waals surface area contributed by atoms with Gasteiger partial charge in [0.05, 0.1) is 6.10 Å². The predicted octanol–water partition coefficient (Wildman–Crippen LogP) is 2.71. The number of aliphatic hydroxyl groups excluding tert-OH is 1. The summed E-state index contributed by atoms with van der Waals surface area (Å²) in [6.45, 7) is 4.31. The van der Waals surface area contributed by atoms with Crippen molar-refractivity contribution in [2.24, 2.45) is 0 Å². The highest BCUT2D eigenvalue weighted by Gasteiger charge is 2.24. The molecule has 0 amide bonds. The van der Waals surface area contributed by atoms with Crippen molar-refractivity contribution in [2.75, 3.05) is 19.9 Å². The Balaban J connectivity index is 1.67. The molecule has 2 unspecified atom stereocenters. The molecule has 1 fully saturated rings. The number of aliphatic hydroxyl groups is 1. The van der Waals surface area contributed by atoms with Gasteiger partial charge < -0.3 is 14.6 Å². The maximum Gasteiger partial charge on any atom is 0.231 e. The maximum absolute atomic E-state index is 10.5. The summed E-state index contributed by atoms with van der Waals surface area (Å²) in [6.07, 6.45) is 4.51. The minimum Gasteiger partial charge on any atom is -0.454 e. The smallest absolute Gasteiger partial charge is 0.231 e. The molecular weight excluding hydrogens is 254 g/mol. The first-order valence-corrected chi connectivity index (χ1v) is 7.59. The standard InChI is InChI=1S/C16H23NO3/c1-2-13-5-3-4-8-17(13)10-14(18)12-6-7-15-16(9-12)20-11-19-15/h6-7,9,13-14,18H,2-5,8,10-11H2,1H3. The van der Waals surface area contributed by atoms with Crippen LogP contribution in [0.1, 0.15) is 44.3 Å². The number of likely N-dealkylation sites (tertiary alicyclic amines) is 1. The Hall–Kier alpha value is -1.26. The molecule has 2 aliphatic rings. The molecule has 2 aliphatic heterocycles. The van der Waals surface area contributed by atoms with E-state index in [0.717, 1.165) is 30.0 Å². The van der Waals surface area contributed by atoms with Gasteiger partial charge in [-0.15, -0.1) is 0 Å². The minimum atomic E-state index is -0.461. The van der Waals surface area contributed by atoms with Gasteiger partial charge in [0, 0.05) is 12.6 Å². The molecule has 1 aromatic carbocycles. The van der Waals surface area contributed by atoms with Gasteiger partial charge in [0.25, 0.3) is 0 Å². The van der Waals surface area contributed by atoms with E-state index in [1.165, 1.54) is 19.3 Å². The first kappa shape index (κ1) is 13.7. The molecule has 2 heterocycles. The summed E-state index contributed by atoms with van der Waals surface area (Å²) in [6, 6.07) is 6.34. The second-order valence-electron chi connectivity index (χ2n) is 5.68. The fraction of sp³-hybridized carbons (Fsp3) is 0.625. The van der Waals surface area contributed by atoms with E-state index in [9.17, 15) is 5.11 Å². The zero-order valence-corrected chi connectivity index (χ0v) is 12.0. The lowest BCUT2D eigenvalue weighted by Gasteiger charge is -2.36. The largest absolute Gasteiger partial charge is 0.454 e. The number of ether oxygens (including phenoxy) is 2. The Morgan fingerprint density at radius 3 is 3.00 bits per heavy atom. The third kappa shape index (κ3) is 2.76. The lowest BCUT2D eigenvalue weighted by Crippen LogP contribution is -2.41. The molecule has 0 aromatic heterocycles. The number of piperidine rings is 1. The molecule has 1 aromatic rings. The summed E-state index contributed by atoms with van der Waals surface area (Å²) in [5.74, 6) is 1.51. The van der Waals surface area contributed by atoms with Crippen LogP contribution in [0.3, 0.4) is 0 Å². The van der Waals surface area contributed by atoms with Crippen molar-refractivity contribution in [3.63, 3.8) is 0 Å². The normalized spacial score (nSPS) is 23.8. The maximum atomic E-state index is 10.5. The Labute approximate surface area is 120 Å². The van der Waals surface area contributed by atoms with Crippen LogP contribution in [-0.2, 0) is 0 Å². The zero-order chi connectivity index (χ0) is 13.9. The van der Waals surface area contributed by atoms with Gasteiger partial charge in [-0.25, -0.2) is 0 Å². The molecular formula is C16H23NO3. The second kappa shape index (κ2) is 6.02. The van der Waals surface area contributed by atoms with E-state index in [2.05, 4.69) is 11.8 Å². The van der Waals surface area contributed by atoms with Gasteiger partial charge in [0.1, 0.15) is 0 Å². The molecule has 20 heavy (non-hydrogen) atoms. The molecule has 0 spiro atoms. The number of rotatable bonds is 4. The first-order valence-electron chi connectivity index (χ1n) is 7.59. The van der Waals surface area contributed by atoms with Crippen LogP contribution in [0.25, 0.3) is 0 Å². The van der Waals surface area contributed by atoms with Crippen LogP contribution < -0.4 is 9.47 Å². The van der Waals surface area contributed by atoms with Crippen LogP contribution in [-0.4, -0.2) is 35.9 Å². The molecule has 2 atom stereocenters. The van der Waals surface area contributed by atoms with E-state index in [0.29, 0.717) is 12.6 Å². The molecule has 1 saturated heterocycles. The quantitative estimate of drug-likeness (QED) is 0.919. The molecule has 110 valence electrons. The van der Waals surface area contributed by atoms with Gasteiger partial charge in [-0.2, -0.15) is 0 Å². The lowest BCUT2D eigenvalue weighted by atomic mass is 9.98. The first-order chi connectivity index (χ1) is 9.78. The van der Waals surface area contributed by atoms with Gasteiger partial charge in [0.2, 0.25) is 6.79 Å². The predicted molar refractivity (Wildman–Crippen MR) is 77.0 cm³/mol. The van der Waals surface area contributed by atoms with Crippen molar-refractivity contribution in [2.45, 2.75) is 44.8 Å². The average Bonchev–Trinajstić information content (AvgIpc) is 2.95. The van der Waals surface area contributed by atoms with Crippen molar-refractivity contribution in [1.82, 2.24) is 4.90 Å². The van der Waals surface area contributed by atoms with Crippen molar-refractivity contribution in [1.29, 1.82) is 0 Å². The molecule has 4 nitrogen and oxygen atoms in total. The number of hydrogen-bond acceptors (Lipinski definition) is 4. The second-order valence-corrected chi connectivity index (χ2v) is 5.68. The van der Waals surface area contributed by atoms with Crippen molar-refractivity contribution in [3.05, 3.63) is 23.8 Å². The number of β-amino-alcohol motifs (C(OH)–C–C–N with tert-alkyl or cyclic N) is 1. The van der Waals surface area contributed by atoms with Gasteiger partial charge in [-0.3, -0.25) is 4.90 Å². The van der Waals surface area contributed by atoms with Gasteiger partial charge in [0.15, 0.2) is 11.5 Å². The van der Waals surface area contributed by atoms with Gasteiger partial charge in [-0.1, -0.05) is 19.4 Å². The topological polar surface area (TPSA) is 41.9 Å². The fourth-order valence-corrected chi connectivity index (χ4v) is 3.21. The summed E-state index contributed by atoms with van der Waals surface area (Å²) in [5, 5.41) is 10.5. The molecule has 4 heteroatoms. The molecule has 0 aliphatic carbocycles. The zero-order valence-electron chi connectivity index (χ0n) is 12.0. The lowest BCUT2D eigenvalue weighted by molar-refractivity contribution is 0.0655. The van der Waals surface area contributed by atoms with Crippen LogP contribution in [0.5, 0.6) is 11.5 Å². The molecule has 0 radical (unpaired) electrons.